The Labute approximate surface area is 114 Å². The molecule has 8 heteroatoms. The van der Waals surface area contributed by atoms with Crippen LogP contribution < -0.4 is 15.8 Å². The van der Waals surface area contributed by atoms with Crippen LogP contribution in [0.1, 0.15) is 12.8 Å². The quantitative estimate of drug-likeness (QED) is 0.566. The summed E-state index contributed by atoms with van der Waals surface area (Å²) in [7, 11) is 0. The number of nitrogens with zero attached hydrogens (tertiary/aromatic N) is 1. The van der Waals surface area contributed by atoms with Gasteiger partial charge in [0.25, 0.3) is 5.69 Å². The van der Waals surface area contributed by atoms with Gasteiger partial charge >= 0.3 is 0 Å². The van der Waals surface area contributed by atoms with Crippen molar-refractivity contribution in [2.45, 2.75) is 24.9 Å². The number of nitro benzene ring substituents is 1. The summed E-state index contributed by atoms with van der Waals surface area (Å²) < 4.78 is 18.7. The van der Waals surface area contributed by atoms with E-state index in [9.17, 15) is 19.3 Å². The van der Waals surface area contributed by atoms with Gasteiger partial charge in [-0.3, -0.25) is 14.9 Å². The molecule has 1 aromatic rings. The van der Waals surface area contributed by atoms with E-state index < -0.39 is 22.7 Å². The number of hydrogen-bond acceptors (Lipinski definition) is 5. The van der Waals surface area contributed by atoms with Crippen LogP contribution in [0.2, 0.25) is 0 Å². The Kier molecular flexibility index (Phi) is 4.14. The van der Waals surface area contributed by atoms with Gasteiger partial charge in [-0.2, -0.15) is 0 Å². The molecule has 0 heterocycles. The van der Waals surface area contributed by atoms with Gasteiger partial charge < -0.3 is 15.8 Å². The van der Waals surface area contributed by atoms with Crippen LogP contribution in [0, 0.1) is 15.9 Å². The fourth-order valence-electron chi connectivity index (χ4n) is 1.64. The Bertz CT molecular complexity index is 533. The molecule has 1 aliphatic rings. The molecule has 20 heavy (non-hydrogen) atoms. The Balaban J connectivity index is 1.98. The van der Waals surface area contributed by atoms with Gasteiger partial charge in [0.1, 0.15) is 12.6 Å². The van der Waals surface area contributed by atoms with Gasteiger partial charge in [0, 0.05) is 12.1 Å². The summed E-state index contributed by atoms with van der Waals surface area (Å²) in [6.45, 7) is -0.124. The molecule has 2 rings (SSSR count). The lowest BCUT2D eigenvalue weighted by molar-refractivity contribution is -0.385. The molecule has 0 aromatic heterocycles. The molecule has 7 nitrogen and oxygen atoms in total. The van der Waals surface area contributed by atoms with Crippen LogP contribution in [-0.4, -0.2) is 29.5 Å². The number of nitrogens with one attached hydrogen (secondary N) is 1. The lowest BCUT2D eigenvalue weighted by Gasteiger charge is -2.16. The number of nitrogens with two attached hydrogens (primary N) is 1. The third-order valence-corrected chi connectivity index (χ3v) is 2.89. The smallest absolute Gasteiger partial charge is 0.272 e. The van der Waals surface area contributed by atoms with E-state index in [0.717, 1.165) is 31.0 Å². The van der Waals surface area contributed by atoms with Crippen molar-refractivity contribution < 1.29 is 18.8 Å². The monoisotopic (exact) mass is 283 g/mol. The summed E-state index contributed by atoms with van der Waals surface area (Å²) in [5.41, 5.74) is 4.85. The van der Waals surface area contributed by atoms with Crippen molar-refractivity contribution >= 4 is 11.6 Å². The minimum absolute atomic E-state index is 0.124. The molecule has 1 aromatic carbocycles. The van der Waals surface area contributed by atoms with E-state index >= 15 is 0 Å². The molecule has 1 saturated carbocycles. The predicted molar refractivity (Wildman–Crippen MR) is 67.7 cm³/mol. The number of carbonyl (C=O) groups excluding carboxylic acids is 1. The first-order valence-corrected chi connectivity index (χ1v) is 6.09. The molecule has 0 bridgehead atoms. The SMILES string of the molecule is NC(=O)C(COc1ccc([N+](=O)[O-])cc1F)NC1CC1. The number of ether oxygens (including phenoxy) is 1. The standard InChI is InChI=1S/C12H14FN3O4/c13-9-5-8(16(18)19)3-4-11(9)20-6-10(12(14)17)15-7-1-2-7/h3-5,7,10,15H,1-2,6H2,(H2,14,17). The van der Waals surface area contributed by atoms with Crippen LogP contribution in [0.5, 0.6) is 5.75 Å². The maximum absolute atomic E-state index is 13.6. The fraction of sp³-hybridized carbons (Fsp3) is 0.417. The minimum Gasteiger partial charge on any atom is -0.488 e. The van der Waals surface area contributed by atoms with E-state index in [1.165, 1.54) is 0 Å². The number of nitro groups is 1. The summed E-state index contributed by atoms with van der Waals surface area (Å²) >= 11 is 0. The van der Waals surface area contributed by atoms with E-state index in [1.807, 2.05) is 0 Å². The number of primary amides is 1. The summed E-state index contributed by atoms with van der Waals surface area (Å²) in [5, 5.41) is 13.5. The average Bonchev–Trinajstić information content (AvgIpc) is 3.19. The first-order chi connectivity index (χ1) is 9.47. The maximum atomic E-state index is 13.6. The van der Waals surface area contributed by atoms with Gasteiger partial charge in [0.15, 0.2) is 11.6 Å². The Hall–Kier alpha value is -2.22. The van der Waals surface area contributed by atoms with Crippen molar-refractivity contribution in [1.29, 1.82) is 0 Å². The summed E-state index contributed by atoms with van der Waals surface area (Å²) in [5.74, 6) is -1.59. The van der Waals surface area contributed by atoms with Crippen molar-refractivity contribution in [2.75, 3.05) is 6.61 Å². The number of halogens is 1. The molecule has 0 saturated heterocycles. The van der Waals surface area contributed by atoms with E-state index in [2.05, 4.69) is 5.32 Å². The van der Waals surface area contributed by atoms with Gasteiger partial charge in [-0.25, -0.2) is 4.39 Å². The Morgan fingerprint density at radius 2 is 2.30 bits per heavy atom. The molecule has 0 aliphatic heterocycles. The van der Waals surface area contributed by atoms with Crippen molar-refractivity contribution in [3.05, 3.63) is 34.1 Å². The van der Waals surface area contributed by atoms with Crippen molar-refractivity contribution in [2.24, 2.45) is 5.73 Å². The van der Waals surface area contributed by atoms with E-state index in [-0.39, 0.29) is 24.1 Å². The lowest BCUT2D eigenvalue weighted by atomic mass is 10.2. The topological polar surface area (TPSA) is 107 Å². The van der Waals surface area contributed by atoms with Crippen LogP contribution in [-0.2, 0) is 4.79 Å². The third kappa shape index (κ3) is 3.64. The second-order valence-electron chi connectivity index (χ2n) is 4.58. The van der Waals surface area contributed by atoms with Crippen LogP contribution in [0.15, 0.2) is 18.2 Å². The number of benzene rings is 1. The van der Waals surface area contributed by atoms with E-state index in [1.54, 1.807) is 0 Å². The largest absolute Gasteiger partial charge is 0.488 e. The molecule has 1 fully saturated rings. The van der Waals surface area contributed by atoms with Gasteiger partial charge in [-0.1, -0.05) is 0 Å². The third-order valence-electron chi connectivity index (χ3n) is 2.89. The molecular weight excluding hydrogens is 269 g/mol. The zero-order valence-electron chi connectivity index (χ0n) is 10.5. The molecule has 1 atom stereocenters. The summed E-state index contributed by atoms with van der Waals surface area (Å²) in [4.78, 5) is 21.0. The zero-order chi connectivity index (χ0) is 14.7. The number of carbonyl (C=O) groups is 1. The number of non-ortho nitro benzene ring substituents is 1. The number of amides is 1. The molecule has 1 unspecified atom stereocenters. The predicted octanol–water partition coefficient (Wildman–Crippen LogP) is 0.719. The van der Waals surface area contributed by atoms with Crippen molar-refractivity contribution in [1.82, 2.24) is 5.32 Å². The second-order valence-corrected chi connectivity index (χ2v) is 4.58. The Morgan fingerprint density at radius 3 is 2.80 bits per heavy atom. The minimum atomic E-state index is -0.853. The number of rotatable bonds is 7. The van der Waals surface area contributed by atoms with Crippen molar-refractivity contribution in [3.8, 4) is 5.75 Å². The van der Waals surface area contributed by atoms with Crippen molar-refractivity contribution in [3.63, 3.8) is 0 Å². The summed E-state index contributed by atoms with van der Waals surface area (Å²) in [6.07, 6.45) is 1.94. The van der Waals surface area contributed by atoms with E-state index in [0.29, 0.717) is 0 Å². The highest BCUT2D eigenvalue weighted by molar-refractivity contribution is 5.80. The normalized spacial score (nSPS) is 15.7. The first-order valence-electron chi connectivity index (χ1n) is 6.09. The molecule has 3 N–H and O–H groups in total. The lowest BCUT2D eigenvalue weighted by Crippen LogP contribution is -2.46. The Morgan fingerprint density at radius 1 is 1.60 bits per heavy atom. The second kappa shape index (κ2) is 5.83. The number of hydrogen-bond donors (Lipinski definition) is 2. The summed E-state index contributed by atoms with van der Waals surface area (Å²) in [6, 6.07) is 2.59. The maximum Gasteiger partial charge on any atom is 0.272 e. The van der Waals surface area contributed by atoms with Gasteiger partial charge in [-0.05, 0) is 18.9 Å². The molecule has 1 aliphatic carbocycles. The van der Waals surface area contributed by atoms with Gasteiger partial charge in [-0.15, -0.1) is 0 Å². The average molecular weight is 283 g/mol. The van der Waals surface area contributed by atoms with Gasteiger partial charge in [0.05, 0.1) is 11.0 Å². The first kappa shape index (κ1) is 14.2. The fourth-order valence-corrected chi connectivity index (χ4v) is 1.64. The molecular formula is C12H14FN3O4. The zero-order valence-corrected chi connectivity index (χ0v) is 10.5. The molecule has 1 amide bonds. The highest BCUT2D eigenvalue weighted by atomic mass is 19.1. The highest BCUT2D eigenvalue weighted by Gasteiger charge is 2.27. The van der Waals surface area contributed by atoms with Crippen LogP contribution in [0.25, 0.3) is 0 Å². The highest BCUT2D eigenvalue weighted by Crippen LogP contribution is 2.23. The van der Waals surface area contributed by atoms with E-state index in [4.69, 9.17) is 10.5 Å². The molecule has 108 valence electrons. The van der Waals surface area contributed by atoms with Crippen LogP contribution >= 0.6 is 0 Å². The van der Waals surface area contributed by atoms with Crippen LogP contribution in [0.4, 0.5) is 10.1 Å². The van der Waals surface area contributed by atoms with Crippen LogP contribution in [0.3, 0.4) is 0 Å². The molecule has 0 spiro atoms. The molecule has 0 radical (unpaired) electrons. The van der Waals surface area contributed by atoms with Gasteiger partial charge in [0.2, 0.25) is 5.91 Å².